The molecule has 7 heteroatoms. The molecular weight excluding hydrogens is 418 g/mol. The summed E-state index contributed by atoms with van der Waals surface area (Å²) in [4.78, 5) is 39.6. The first kappa shape index (κ1) is 22.1. The molecule has 0 atom stereocenters. The number of hydrogen-bond acceptors (Lipinski definition) is 4. The summed E-state index contributed by atoms with van der Waals surface area (Å²) in [6.07, 6.45) is 4.39. The molecule has 0 saturated carbocycles. The van der Waals surface area contributed by atoms with Crippen LogP contribution in [0.4, 0.5) is 5.69 Å². The molecule has 33 heavy (non-hydrogen) atoms. The second kappa shape index (κ2) is 9.99. The molecule has 1 fully saturated rings. The largest absolute Gasteiger partial charge is 0.465 e. The van der Waals surface area contributed by atoms with Gasteiger partial charge in [0.1, 0.15) is 11.5 Å². The number of benzene rings is 2. The third-order valence-electron chi connectivity index (χ3n) is 5.46. The number of anilines is 1. The lowest BCUT2D eigenvalue weighted by atomic mass is 10.1. The van der Waals surface area contributed by atoms with Crippen molar-refractivity contribution in [1.29, 1.82) is 0 Å². The Hall–Kier alpha value is -4.13. The number of rotatable bonds is 7. The quantitative estimate of drug-likeness (QED) is 0.544. The molecule has 0 radical (unpaired) electrons. The average molecular weight is 444 g/mol. The van der Waals surface area contributed by atoms with Crippen LogP contribution in [-0.2, 0) is 16.1 Å². The summed E-state index contributed by atoms with van der Waals surface area (Å²) in [5, 5.41) is 5.55. The summed E-state index contributed by atoms with van der Waals surface area (Å²) >= 11 is 0. The van der Waals surface area contributed by atoms with Gasteiger partial charge in [-0.2, -0.15) is 0 Å². The molecule has 2 heterocycles. The molecule has 4 rings (SSSR count). The van der Waals surface area contributed by atoms with E-state index in [-0.39, 0.29) is 24.1 Å². The summed E-state index contributed by atoms with van der Waals surface area (Å²) < 4.78 is 5.33. The Kier molecular flexibility index (Phi) is 6.69. The lowest BCUT2D eigenvalue weighted by Gasteiger charge is -2.17. The van der Waals surface area contributed by atoms with Gasteiger partial charge >= 0.3 is 0 Å². The number of hydrogen-bond donors (Lipinski definition) is 2. The van der Waals surface area contributed by atoms with Gasteiger partial charge in [-0.3, -0.25) is 14.4 Å². The van der Waals surface area contributed by atoms with Crippen molar-refractivity contribution >= 4 is 29.5 Å². The molecule has 3 amide bonds. The highest BCUT2D eigenvalue weighted by Crippen LogP contribution is 2.22. The van der Waals surface area contributed by atoms with Crippen LogP contribution in [-0.4, -0.2) is 24.3 Å². The molecule has 0 unspecified atom stereocenters. The fourth-order valence-electron chi connectivity index (χ4n) is 3.72. The predicted molar refractivity (Wildman–Crippen MR) is 125 cm³/mol. The van der Waals surface area contributed by atoms with Gasteiger partial charge in [-0.25, -0.2) is 0 Å². The zero-order valence-corrected chi connectivity index (χ0v) is 18.3. The monoisotopic (exact) mass is 443 g/mol. The Balaban J connectivity index is 1.49. The summed E-state index contributed by atoms with van der Waals surface area (Å²) in [5.41, 5.74) is 3.04. The van der Waals surface area contributed by atoms with Gasteiger partial charge in [-0.05, 0) is 54.8 Å². The van der Waals surface area contributed by atoms with Crippen LogP contribution >= 0.6 is 0 Å². The molecule has 0 bridgehead atoms. The zero-order chi connectivity index (χ0) is 23.2. The number of aryl methyl sites for hydroxylation is 1. The minimum absolute atomic E-state index is 0.0732. The Labute approximate surface area is 192 Å². The predicted octanol–water partition coefficient (Wildman–Crippen LogP) is 3.80. The highest BCUT2D eigenvalue weighted by Gasteiger charge is 2.22. The SMILES string of the molecule is Cc1ccccc1C(=O)N/C(=C\c1ccco1)C(=O)NCc1cccc(N2CCCC2=O)c1. The van der Waals surface area contributed by atoms with E-state index in [1.54, 1.807) is 29.2 Å². The fraction of sp³-hybridized carbons (Fsp3) is 0.192. The van der Waals surface area contributed by atoms with E-state index in [0.717, 1.165) is 23.2 Å². The van der Waals surface area contributed by atoms with Crippen LogP contribution in [0.5, 0.6) is 0 Å². The average Bonchev–Trinajstić information content (AvgIpc) is 3.49. The van der Waals surface area contributed by atoms with Crippen molar-refractivity contribution in [2.75, 3.05) is 11.4 Å². The van der Waals surface area contributed by atoms with E-state index in [1.165, 1.54) is 12.3 Å². The molecule has 3 aromatic rings. The summed E-state index contributed by atoms with van der Waals surface area (Å²) in [7, 11) is 0. The van der Waals surface area contributed by atoms with Crippen molar-refractivity contribution in [2.45, 2.75) is 26.3 Å². The first-order chi connectivity index (χ1) is 16.0. The van der Waals surface area contributed by atoms with E-state index in [1.807, 2.05) is 43.3 Å². The van der Waals surface area contributed by atoms with Crippen LogP contribution in [0.15, 0.2) is 77.0 Å². The molecule has 2 N–H and O–H groups in total. The number of nitrogens with one attached hydrogen (secondary N) is 2. The maximum absolute atomic E-state index is 13.0. The van der Waals surface area contributed by atoms with Gasteiger partial charge in [0, 0.05) is 36.8 Å². The third-order valence-corrected chi connectivity index (χ3v) is 5.46. The Morgan fingerprint density at radius 1 is 1.09 bits per heavy atom. The van der Waals surface area contributed by atoms with E-state index < -0.39 is 5.91 Å². The highest BCUT2D eigenvalue weighted by atomic mass is 16.3. The second-order valence-electron chi connectivity index (χ2n) is 7.84. The number of furan rings is 1. The van der Waals surface area contributed by atoms with Crippen LogP contribution in [0.2, 0.25) is 0 Å². The van der Waals surface area contributed by atoms with Crippen LogP contribution in [0.1, 0.15) is 40.1 Å². The van der Waals surface area contributed by atoms with Crippen molar-refractivity contribution in [2.24, 2.45) is 0 Å². The van der Waals surface area contributed by atoms with Gasteiger partial charge in [0.05, 0.1) is 6.26 Å². The topological polar surface area (TPSA) is 91.7 Å². The van der Waals surface area contributed by atoms with E-state index >= 15 is 0 Å². The minimum atomic E-state index is -0.448. The normalized spacial score (nSPS) is 13.8. The minimum Gasteiger partial charge on any atom is -0.465 e. The lowest BCUT2D eigenvalue weighted by molar-refractivity contribution is -0.118. The molecule has 0 spiro atoms. The van der Waals surface area contributed by atoms with Crippen molar-refractivity contribution in [3.05, 3.63) is 95.1 Å². The Bertz CT molecular complexity index is 1200. The van der Waals surface area contributed by atoms with Gasteiger partial charge in [-0.15, -0.1) is 0 Å². The van der Waals surface area contributed by atoms with Crippen LogP contribution in [0.25, 0.3) is 6.08 Å². The van der Waals surface area contributed by atoms with Gasteiger partial charge < -0.3 is 20.0 Å². The molecule has 1 saturated heterocycles. The summed E-state index contributed by atoms with van der Waals surface area (Å²) in [6, 6.07) is 18.1. The zero-order valence-electron chi connectivity index (χ0n) is 18.3. The smallest absolute Gasteiger partial charge is 0.268 e. The second-order valence-corrected chi connectivity index (χ2v) is 7.84. The molecular formula is C26H25N3O4. The van der Waals surface area contributed by atoms with Gasteiger partial charge in [-0.1, -0.05) is 30.3 Å². The van der Waals surface area contributed by atoms with Crippen molar-refractivity contribution in [3.63, 3.8) is 0 Å². The van der Waals surface area contributed by atoms with Gasteiger partial charge in [0.2, 0.25) is 5.91 Å². The van der Waals surface area contributed by atoms with Crippen LogP contribution in [0, 0.1) is 6.92 Å². The highest BCUT2D eigenvalue weighted by molar-refractivity contribution is 6.05. The summed E-state index contributed by atoms with van der Waals surface area (Å²) in [5.74, 6) is -0.273. The molecule has 1 aliphatic rings. The molecule has 2 aromatic carbocycles. The molecule has 1 aromatic heterocycles. The van der Waals surface area contributed by atoms with Crippen molar-refractivity contribution < 1.29 is 18.8 Å². The van der Waals surface area contributed by atoms with E-state index in [0.29, 0.717) is 24.3 Å². The first-order valence-electron chi connectivity index (χ1n) is 10.8. The molecule has 0 aliphatic carbocycles. The van der Waals surface area contributed by atoms with Crippen LogP contribution in [0.3, 0.4) is 0 Å². The molecule has 168 valence electrons. The maximum atomic E-state index is 13.0. The van der Waals surface area contributed by atoms with E-state index in [9.17, 15) is 14.4 Å². The Morgan fingerprint density at radius 3 is 2.67 bits per heavy atom. The summed E-state index contributed by atoms with van der Waals surface area (Å²) in [6.45, 7) is 2.78. The number of carbonyl (C=O) groups excluding carboxylic acids is 3. The van der Waals surface area contributed by atoms with Gasteiger partial charge in [0.25, 0.3) is 11.8 Å². The first-order valence-corrected chi connectivity index (χ1v) is 10.8. The van der Waals surface area contributed by atoms with Crippen molar-refractivity contribution in [3.8, 4) is 0 Å². The van der Waals surface area contributed by atoms with Crippen molar-refractivity contribution in [1.82, 2.24) is 10.6 Å². The standard InChI is InChI=1S/C26H25N3O4/c1-18-7-2-3-11-22(18)25(31)28-23(16-21-10-6-14-33-21)26(32)27-17-19-8-4-9-20(15-19)29-13-5-12-24(29)30/h2-4,6-11,14-16H,5,12-13,17H2,1H3,(H,27,32)(H,28,31)/b23-16-. The van der Waals surface area contributed by atoms with E-state index in [2.05, 4.69) is 10.6 Å². The number of carbonyl (C=O) groups is 3. The van der Waals surface area contributed by atoms with Gasteiger partial charge in [0.15, 0.2) is 0 Å². The molecule has 7 nitrogen and oxygen atoms in total. The fourth-order valence-corrected chi connectivity index (χ4v) is 3.72. The molecule has 1 aliphatic heterocycles. The van der Waals surface area contributed by atoms with Crippen LogP contribution < -0.4 is 15.5 Å². The maximum Gasteiger partial charge on any atom is 0.268 e. The number of amides is 3. The number of nitrogens with zero attached hydrogens (tertiary/aromatic N) is 1. The lowest BCUT2D eigenvalue weighted by Crippen LogP contribution is -2.35. The van der Waals surface area contributed by atoms with E-state index in [4.69, 9.17) is 4.42 Å². The Morgan fingerprint density at radius 2 is 1.94 bits per heavy atom. The third kappa shape index (κ3) is 5.38.